The van der Waals surface area contributed by atoms with E-state index in [1.807, 2.05) is 18.2 Å². The summed E-state index contributed by atoms with van der Waals surface area (Å²) < 4.78 is 10.6. The van der Waals surface area contributed by atoms with Gasteiger partial charge in [-0.1, -0.05) is 24.3 Å². The van der Waals surface area contributed by atoms with Gasteiger partial charge in [0.25, 0.3) is 0 Å². The number of hydrogen-bond acceptors (Lipinski definition) is 2. The molecule has 0 N–H and O–H groups in total. The molecule has 2 nitrogen and oxygen atoms in total. The van der Waals surface area contributed by atoms with Crippen LogP contribution in [0.1, 0.15) is 0 Å². The van der Waals surface area contributed by atoms with Gasteiger partial charge in [-0.2, -0.15) is 0 Å². The third kappa shape index (κ3) is 1.66. The fourth-order valence-electron chi connectivity index (χ4n) is 2.18. The van der Waals surface area contributed by atoms with Crippen LogP contribution in [0.3, 0.4) is 0 Å². The highest BCUT2D eigenvalue weighted by molar-refractivity contribution is 5.99. The predicted molar refractivity (Wildman–Crippen MR) is 73.4 cm³/mol. The number of rotatable bonds is 2. The largest absolute Gasteiger partial charge is 0.493 e. The number of fused-ring (bicyclic) bond motifs is 2. The maximum absolute atomic E-state index is 5.30. The average Bonchev–Trinajstić information content (AvgIpc) is 2.43. The van der Waals surface area contributed by atoms with E-state index in [1.54, 1.807) is 14.2 Å². The van der Waals surface area contributed by atoms with Crippen molar-refractivity contribution in [3.8, 4) is 11.5 Å². The topological polar surface area (TPSA) is 18.5 Å². The summed E-state index contributed by atoms with van der Waals surface area (Å²) in [6.45, 7) is 0. The van der Waals surface area contributed by atoms with Crippen LogP contribution in [0.15, 0.2) is 42.5 Å². The smallest absolute Gasteiger partial charge is 0.169 e. The second kappa shape index (κ2) is 4.22. The fraction of sp³-hybridized carbons (Fsp3) is 0.125. The Hall–Kier alpha value is -2.22. The summed E-state index contributed by atoms with van der Waals surface area (Å²) >= 11 is 0. The lowest BCUT2D eigenvalue weighted by Crippen LogP contribution is -1.90. The highest BCUT2D eigenvalue weighted by Gasteiger charge is 2.07. The van der Waals surface area contributed by atoms with Gasteiger partial charge in [-0.25, -0.2) is 0 Å². The molecule has 0 atom stereocenters. The summed E-state index contributed by atoms with van der Waals surface area (Å²) in [6.07, 6.45) is 0. The van der Waals surface area contributed by atoms with Crippen LogP contribution in [0.25, 0.3) is 21.5 Å². The van der Waals surface area contributed by atoms with E-state index in [0.717, 1.165) is 10.8 Å². The molecule has 0 aliphatic rings. The number of methoxy groups -OCH3 is 2. The van der Waals surface area contributed by atoms with Gasteiger partial charge in [0, 0.05) is 6.07 Å². The Morgan fingerprint density at radius 3 is 2.22 bits per heavy atom. The maximum atomic E-state index is 5.30. The van der Waals surface area contributed by atoms with Gasteiger partial charge in [-0.05, 0) is 39.7 Å². The van der Waals surface area contributed by atoms with Crippen LogP contribution in [-0.4, -0.2) is 14.2 Å². The van der Waals surface area contributed by atoms with E-state index >= 15 is 0 Å². The lowest BCUT2D eigenvalue weighted by molar-refractivity contribution is 0.355. The van der Waals surface area contributed by atoms with Crippen molar-refractivity contribution in [2.45, 2.75) is 0 Å². The van der Waals surface area contributed by atoms with Crippen LogP contribution in [0.2, 0.25) is 0 Å². The molecule has 2 heteroatoms. The molecule has 3 aromatic rings. The minimum atomic E-state index is 0.639. The zero-order chi connectivity index (χ0) is 12.5. The SMILES string of the molecule is COc1[c]c2cc3ccccc3cc2cc1OC. The van der Waals surface area contributed by atoms with Crippen molar-refractivity contribution < 1.29 is 9.47 Å². The van der Waals surface area contributed by atoms with Crippen LogP contribution in [0.5, 0.6) is 11.5 Å². The highest BCUT2D eigenvalue weighted by Crippen LogP contribution is 2.33. The van der Waals surface area contributed by atoms with Gasteiger partial charge in [0.2, 0.25) is 0 Å². The van der Waals surface area contributed by atoms with Crippen molar-refractivity contribution in [1.82, 2.24) is 0 Å². The molecule has 3 rings (SSSR count). The first-order valence-electron chi connectivity index (χ1n) is 5.78. The molecule has 0 fully saturated rings. The Morgan fingerprint density at radius 1 is 0.833 bits per heavy atom. The van der Waals surface area contributed by atoms with Gasteiger partial charge >= 0.3 is 0 Å². The molecule has 0 heterocycles. The molecule has 0 bridgehead atoms. The number of ether oxygens (including phenoxy) is 2. The van der Waals surface area contributed by atoms with Crippen molar-refractivity contribution in [3.05, 3.63) is 48.5 Å². The van der Waals surface area contributed by atoms with Crippen LogP contribution >= 0.6 is 0 Å². The monoisotopic (exact) mass is 237 g/mol. The third-order valence-corrected chi connectivity index (χ3v) is 3.10. The zero-order valence-electron chi connectivity index (χ0n) is 10.4. The Bertz CT molecular complexity index is 655. The summed E-state index contributed by atoms with van der Waals surface area (Å²) in [5, 5.41) is 4.55. The summed E-state index contributed by atoms with van der Waals surface area (Å²) in [6, 6.07) is 17.8. The van der Waals surface area contributed by atoms with Gasteiger partial charge in [0.05, 0.1) is 14.2 Å². The van der Waals surface area contributed by atoms with Crippen molar-refractivity contribution in [2.24, 2.45) is 0 Å². The molecule has 89 valence electrons. The van der Waals surface area contributed by atoms with E-state index in [-0.39, 0.29) is 0 Å². The van der Waals surface area contributed by atoms with Crippen LogP contribution < -0.4 is 9.47 Å². The lowest BCUT2D eigenvalue weighted by atomic mass is 10.0. The lowest BCUT2D eigenvalue weighted by Gasteiger charge is -2.09. The summed E-state index contributed by atoms with van der Waals surface area (Å²) in [5.74, 6) is 1.35. The second-order valence-corrected chi connectivity index (χ2v) is 4.16. The number of hydrogen-bond donors (Lipinski definition) is 0. The molecule has 0 amide bonds. The zero-order valence-corrected chi connectivity index (χ0v) is 10.4. The van der Waals surface area contributed by atoms with Crippen LogP contribution in [0, 0.1) is 6.07 Å². The van der Waals surface area contributed by atoms with E-state index in [9.17, 15) is 0 Å². The molecular formula is C16H13O2. The van der Waals surface area contributed by atoms with Crippen LogP contribution in [0.4, 0.5) is 0 Å². The molecule has 0 spiro atoms. The second-order valence-electron chi connectivity index (χ2n) is 4.16. The summed E-state index contributed by atoms with van der Waals surface area (Å²) in [4.78, 5) is 0. The molecule has 3 aromatic carbocycles. The Labute approximate surface area is 106 Å². The molecule has 18 heavy (non-hydrogen) atoms. The normalized spacial score (nSPS) is 10.8. The third-order valence-electron chi connectivity index (χ3n) is 3.10. The van der Waals surface area contributed by atoms with E-state index in [2.05, 4.69) is 30.3 Å². The quantitative estimate of drug-likeness (QED) is 0.631. The minimum Gasteiger partial charge on any atom is -0.493 e. The highest BCUT2D eigenvalue weighted by atomic mass is 16.5. The van der Waals surface area contributed by atoms with E-state index < -0.39 is 0 Å². The van der Waals surface area contributed by atoms with E-state index in [0.29, 0.717) is 11.5 Å². The average molecular weight is 237 g/mol. The van der Waals surface area contributed by atoms with Crippen molar-refractivity contribution in [1.29, 1.82) is 0 Å². The molecule has 0 saturated heterocycles. The molecule has 0 aliphatic carbocycles. The van der Waals surface area contributed by atoms with Gasteiger partial charge in [0.1, 0.15) is 0 Å². The summed E-state index contributed by atoms with van der Waals surface area (Å²) in [5.41, 5.74) is 0. The Morgan fingerprint density at radius 2 is 1.56 bits per heavy atom. The van der Waals surface area contributed by atoms with Crippen molar-refractivity contribution >= 4 is 21.5 Å². The predicted octanol–water partition coefficient (Wildman–Crippen LogP) is 3.81. The summed E-state index contributed by atoms with van der Waals surface area (Å²) in [7, 11) is 3.26. The first kappa shape index (κ1) is 10.9. The molecule has 0 aromatic heterocycles. The molecule has 0 unspecified atom stereocenters. The Kier molecular flexibility index (Phi) is 2.56. The van der Waals surface area contributed by atoms with E-state index in [1.165, 1.54) is 10.8 Å². The first-order chi connectivity index (χ1) is 8.81. The van der Waals surface area contributed by atoms with Gasteiger partial charge in [0.15, 0.2) is 11.5 Å². The van der Waals surface area contributed by atoms with Crippen molar-refractivity contribution in [3.63, 3.8) is 0 Å². The van der Waals surface area contributed by atoms with Gasteiger partial charge < -0.3 is 9.47 Å². The molecular weight excluding hydrogens is 224 g/mol. The van der Waals surface area contributed by atoms with E-state index in [4.69, 9.17) is 9.47 Å². The molecule has 0 saturated carbocycles. The maximum Gasteiger partial charge on any atom is 0.169 e. The first-order valence-corrected chi connectivity index (χ1v) is 5.78. The Balaban J connectivity index is 2.36. The fourth-order valence-corrected chi connectivity index (χ4v) is 2.18. The van der Waals surface area contributed by atoms with Crippen molar-refractivity contribution in [2.75, 3.05) is 14.2 Å². The molecule has 0 aliphatic heterocycles. The molecule has 1 radical (unpaired) electrons. The van der Waals surface area contributed by atoms with Crippen LogP contribution in [-0.2, 0) is 0 Å². The van der Waals surface area contributed by atoms with Gasteiger partial charge in [-0.3, -0.25) is 0 Å². The minimum absolute atomic E-state index is 0.639. The number of benzene rings is 3. The van der Waals surface area contributed by atoms with Gasteiger partial charge in [-0.15, -0.1) is 0 Å². The standard InChI is InChI=1S/C16H13O2/c1-17-15-9-13-7-11-5-3-4-6-12(11)8-14(13)10-16(15)18-2/h3-9H,1-2H3.